The largest absolute Gasteiger partial charge is 0.497 e. The normalized spacial score (nSPS) is 19.2. The van der Waals surface area contributed by atoms with E-state index in [-0.39, 0.29) is 17.8 Å². The highest BCUT2D eigenvalue weighted by Crippen LogP contribution is 2.45. The van der Waals surface area contributed by atoms with Crippen LogP contribution in [0.1, 0.15) is 63.3 Å². The van der Waals surface area contributed by atoms with E-state index in [4.69, 9.17) is 4.74 Å². The van der Waals surface area contributed by atoms with E-state index in [9.17, 15) is 23.2 Å². The Labute approximate surface area is 203 Å². The summed E-state index contributed by atoms with van der Waals surface area (Å²) in [7, 11) is 1.49. The first-order chi connectivity index (χ1) is 16.8. The third-order valence-electron chi connectivity index (χ3n) is 6.49. The molecule has 1 aliphatic carbocycles. The van der Waals surface area contributed by atoms with E-state index in [0.717, 1.165) is 47.0 Å². The zero-order chi connectivity index (χ0) is 24.7. The number of nitrogens with zero attached hydrogens (tertiary/aromatic N) is 3. The van der Waals surface area contributed by atoms with E-state index in [1.807, 2.05) is 0 Å². The second kappa shape index (κ2) is 8.92. The first kappa shape index (κ1) is 23.2. The molecule has 2 aliphatic rings. The van der Waals surface area contributed by atoms with Gasteiger partial charge in [0.25, 0.3) is 5.91 Å². The molecule has 2 aromatic heterocycles. The quantitative estimate of drug-likeness (QED) is 0.484. The van der Waals surface area contributed by atoms with Crippen LogP contribution in [0.3, 0.4) is 0 Å². The maximum Gasteiger partial charge on any atom is 0.410 e. The number of carbonyl (C=O) groups excluding carboxylic acids is 1. The molecular formula is C24H22F3N5O2S. The van der Waals surface area contributed by atoms with Gasteiger partial charge in [-0.05, 0) is 48.9 Å². The van der Waals surface area contributed by atoms with Crippen molar-refractivity contribution >= 4 is 28.1 Å². The number of carbonyl (C=O) groups is 1. The van der Waals surface area contributed by atoms with Crippen molar-refractivity contribution < 1.29 is 22.7 Å². The van der Waals surface area contributed by atoms with Gasteiger partial charge in [0, 0.05) is 11.3 Å². The minimum atomic E-state index is -4.56. The molecule has 1 aliphatic heterocycles. The highest BCUT2D eigenvalue weighted by Gasteiger charge is 2.47. The molecule has 7 nitrogen and oxygen atoms in total. The van der Waals surface area contributed by atoms with Gasteiger partial charge in [-0.15, -0.1) is 11.3 Å². The van der Waals surface area contributed by atoms with Gasteiger partial charge in [0.2, 0.25) is 0 Å². The molecule has 0 radical (unpaired) electrons. The van der Waals surface area contributed by atoms with Gasteiger partial charge in [0.15, 0.2) is 6.04 Å². The summed E-state index contributed by atoms with van der Waals surface area (Å²) in [4.78, 5) is 14.3. The van der Waals surface area contributed by atoms with Crippen LogP contribution in [0, 0.1) is 11.3 Å². The predicted octanol–water partition coefficient (Wildman–Crippen LogP) is 5.62. The Kier molecular flexibility index (Phi) is 5.92. The van der Waals surface area contributed by atoms with Crippen LogP contribution >= 0.6 is 11.3 Å². The van der Waals surface area contributed by atoms with Crippen LogP contribution in [0.2, 0.25) is 0 Å². The standard InChI is InChI=1S/C24H22F3N5O2S/c1-34-14-6-4-5-13(9-14)18-10-20(24(25,26)27)32-21(30-18)17(12-29-32)22(33)31-23-16(11-28)15-7-2-3-8-19(15)35-23/h4-6,9,12,18,20,30H,2-3,7-8,10H2,1H3,(H,31,33)/t18-,20+/m0/s1. The van der Waals surface area contributed by atoms with Crippen molar-refractivity contribution in [1.82, 2.24) is 9.78 Å². The second-order valence-corrected chi connectivity index (χ2v) is 9.70. The summed E-state index contributed by atoms with van der Waals surface area (Å²) in [6.07, 6.45) is -0.0646. The van der Waals surface area contributed by atoms with Gasteiger partial charge in [-0.3, -0.25) is 4.79 Å². The zero-order valence-corrected chi connectivity index (χ0v) is 19.6. The zero-order valence-electron chi connectivity index (χ0n) is 18.8. The number of thiophene rings is 1. The molecule has 0 fully saturated rings. The minimum absolute atomic E-state index is 0.0104. The van der Waals surface area contributed by atoms with Gasteiger partial charge in [-0.25, -0.2) is 4.68 Å². The van der Waals surface area contributed by atoms with Crippen molar-refractivity contribution in [2.24, 2.45) is 0 Å². The van der Waals surface area contributed by atoms with Crippen LogP contribution in [0.25, 0.3) is 0 Å². The molecular weight excluding hydrogens is 479 g/mol. The van der Waals surface area contributed by atoms with Crippen molar-refractivity contribution in [3.05, 3.63) is 57.6 Å². The summed E-state index contributed by atoms with van der Waals surface area (Å²) in [5.74, 6) is -0.0969. The van der Waals surface area contributed by atoms with Gasteiger partial charge in [-0.2, -0.15) is 23.5 Å². The molecule has 0 spiro atoms. The van der Waals surface area contributed by atoms with Crippen molar-refractivity contribution in [3.63, 3.8) is 0 Å². The Bertz CT molecular complexity index is 1320. The fraction of sp³-hybridized carbons (Fsp3) is 0.375. The predicted molar refractivity (Wildman–Crippen MR) is 125 cm³/mol. The number of nitriles is 1. The summed E-state index contributed by atoms with van der Waals surface area (Å²) < 4.78 is 48.0. The van der Waals surface area contributed by atoms with Crippen molar-refractivity contribution in [3.8, 4) is 11.8 Å². The molecule has 2 atom stereocenters. The summed E-state index contributed by atoms with van der Waals surface area (Å²) in [5, 5.41) is 19.9. The highest BCUT2D eigenvalue weighted by atomic mass is 32.1. The number of amides is 1. The first-order valence-electron chi connectivity index (χ1n) is 11.2. The summed E-state index contributed by atoms with van der Waals surface area (Å²) in [5.41, 5.74) is 2.00. The number of ether oxygens (including phenoxy) is 1. The van der Waals surface area contributed by atoms with E-state index in [1.165, 1.54) is 18.4 Å². The van der Waals surface area contributed by atoms with Gasteiger partial charge < -0.3 is 15.4 Å². The molecule has 5 rings (SSSR count). The van der Waals surface area contributed by atoms with Crippen molar-refractivity contribution in [2.45, 2.75) is 50.4 Å². The minimum Gasteiger partial charge on any atom is -0.497 e. The Hall–Kier alpha value is -3.52. The molecule has 3 heterocycles. The molecule has 11 heteroatoms. The summed E-state index contributed by atoms with van der Waals surface area (Å²) in [6, 6.07) is 6.38. The number of aromatic nitrogens is 2. The molecule has 0 saturated heterocycles. The molecule has 0 unspecified atom stereocenters. The molecule has 1 aromatic carbocycles. The second-order valence-electron chi connectivity index (χ2n) is 8.60. The topological polar surface area (TPSA) is 92.0 Å². The van der Waals surface area contributed by atoms with Gasteiger partial charge in [-0.1, -0.05) is 12.1 Å². The van der Waals surface area contributed by atoms with Gasteiger partial charge >= 0.3 is 6.18 Å². The molecule has 35 heavy (non-hydrogen) atoms. The Morgan fingerprint density at radius 2 is 2.14 bits per heavy atom. The van der Waals surface area contributed by atoms with Crippen LogP contribution in [0.15, 0.2) is 30.5 Å². The van der Waals surface area contributed by atoms with Crippen molar-refractivity contribution in [2.75, 3.05) is 17.7 Å². The lowest BCUT2D eigenvalue weighted by Gasteiger charge is -2.34. The maximum atomic E-state index is 14.0. The lowest BCUT2D eigenvalue weighted by molar-refractivity contribution is -0.173. The molecule has 0 bridgehead atoms. The third-order valence-corrected chi connectivity index (χ3v) is 7.70. The highest BCUT2D eigenvalue weighted by molar-refractivity contribution is 7.16. The molecule has 1 amide bonds. The fourth-order valence-electron chi connectivity index (χ4n) is 4.75. The number of hydrogen-bond acceptors (Lipinski definition) is 6. The number of nitrogens with one attached hydrogen (secondary N) is 2. The fourth-order valence-corrected chi connectivity index (χ4v) is 5.98. The van der Waals surface area contributed by atoms with E-state index < -0.39 is 24.2 Å². The average molecular weight is 502 g/mol. The monoisotopic (exact) mass is 501 g/mol. The Morgan fingerprint density at radius 3 is 2.89 bits per heavy atom. The SMILES string of the molecule is COc1cccc([C@@H]2C[C@H](C(F)(F)F)n3ncc(C(=O)Nc4sc5c(c4C#N)CCCC5)c3N2)c1. The molecule has 0 saturated carbocycles. The Morgan fingerprint density at radius 1 is 1.34 bits per heavy atom. The number of rotatable bonds is 4. The maximum absolute atomic E-state index is 14.0. The summed E-state index contributed by atoms with van der Waals surface area (Å²) in [6.45, 7) is 0. The van der Waals surface area contributed by atoms with Crippen LogP contribution < -0.4 is 15.4 Å². The van der Waals surface area contributed by atoms with Crippen molar-refractivity contribution in [1.29, 1.82) is 5.26 Å². The molecule has 3 aromatic rings. The number of aryl methyl sites for hydroxylation is 1. The first-order valence-corrected chi connectivity index (χ1v) is 12.0. The number of halogens is 3. The van der Waals surface area contributed by atoms with Crippen LogP contribution in [-0.4, -0.2) is 29.0 Å². The average Bonchev–Trinajstić information content (AvgIpc) is 3.43. The number of methoxy groups -OCH3 is 1. The van der Waals surface area contributed by atoms with Crippen LogP contribution in [0.5, 0.6) is 5.75 Å². The number of hydrogen-bond donors (Lipinski definition) is 2. The Balaban J connectivity index is 1.49. The molecule has 182 valence electrons. The smallest absolute Gasteiger partial charge is 0.410 e. The molecule has 2 N–H and O–H groups in total. The van der Waals surface area contributed by atoms with Crippen LogP contribution in [-0.2, 0) is 12.8 Å². The van der Waals surface area contributed by atoms with Crippen LogP contribution in [0.4, 0.5) is 24.0 Å². The lowest BCUT2D eigenvalue weighted by atomic mass is 9.96. The summed E-state index contributed by atoms with van der Waals surface area (Å²) >= 11 is 1.36. The van der Waals surface area contributed by atoms with E-state index in [2.05, 4.69) is 21.8 Å². The van der Waals surface area contributed by atoms with E-state index >= 15 is 0 Å². The number of anilines is 2. The lowest BCUT2D eigenvalue weighted by Crippen LogP contribution is -2.36. The van der Waals surface area contributed by atoms with E-state index in [1.54, 1.807) is 24.3 Å². The van der Waals surface area contributed by atoms with Gasteiger partial charge in [0.05, 0.1) is 24.9 Å². The van der Waals surface area contributed by atoms with Gasteiger partial charge in [0.1, 0.15) is 28.2 Å². The van der Waals surface area contributed by atoms with E-state index in [0.29, 0.717) is 21.9 Å². The number of alkyl halides is 3. The number of benzene rings is 1. The third kappa shape index (κ3) is 4.23. The number of fused-ring (bicyclic) bond motifs is 2.